The van der Waals surface area contributed by atoms with E-state index in [1.165, 1.54) is 18.2 Å². The van der Waals surface area contributed by atoms with E-state index in [9.17, 15) is 54.6 Å². The monoisotopic (exact) mass is 896 g/mol. The van der Waals surface area contributed by atoms with E-state index >= 15 is 0 Å². The van der Waals surface area contributed by atoms with Gasteiger partial charge < -0.3 is 66.9 Å². The van der Waals surface area contributed by atoms with Crippen LogP contribution in [0.1, 0.15) is 109 Å². The topological polar surface area (TPSA) is 292 Å². The smallest absolute Gasteiger partial charge is 0.291 e. The number of amides is 4. The highest BCUT2D eigenvalue weighted by atomic mass is 16.5. The second kappa shape index (κ2) is 20.6. The fourth-order valence-electron chi connectivity index (χ4n) is 12.0. The number of nitrogens with one attached hydrogen (secondary N) is 6. The number of hydrogen-bond donors (Lipinski definition) is 12. The van der Waals surface area contributed by atoms with Crippen LogP contribution in [0.2, 0.25) is 0 Å². The van der Waals surface area contributed by atoms with Gasteiger partial charge in [-0.05, 0) is 116 Å². The number of hydrogen-bond acceptors (Lipinski definition) is 13. The fraction of sp³-hybridized carbons (Fsp3) is 0.674. The van der Waals surface area contributed by atoms with Crippen molar-refractivity contribution in [2.75, 3.05) is 52.5 Å². The first-order chi connectivity index (χ1) is 30.4. The summed E-state index contributed by atoms with van der Waals surface area (Å²) in [5.41, 5.74) is -1.36. The second-order valence-electron chi connectivity index (χ2n) is 19.1. The number of aliphatic hydroxyl groups is 3. The van der Waals surface area contributed by atoms with E-state index in [2.05, 4.69) is 52.3 Å². The highest BCUT2D eigenvalue weighted by Gasteiger charge is 2.65. The van der Waals surface area contributed by atoms with E-state index < -0.39 is 58.2 Å². The van der Waals surface area contributed by atoms with Gasteiger partial charge in [-0.25, -0.2) is 0 Å². The van der Waals surface area contributed by atoms with Crippen molar-refractivity contribution in [3.8, 4) is 17.2 Å². The number of aliphatic hydroxyl groups excluding tert-OH is 3. The summed E-state index contributed by atoms with van der Waals surface area (Å²) in [6.07, 6.45) is 4.58. The molecule has 7 unspecified atom stereocenters. The van der Waals surface area contributed by atoms with Crippen LogP contribution in [0.4, 0.5) is 0 Å². The van der Waals surface area contributed by atoms with Crippen molar-refractivity contribution in [2.24, 2.45) is 46.3 Å². The summed E-state index contributed by atoms with van der Waals surface area (Å²) in [6.45, 7) is 9.66. The van der Waals surface area contributed by atoms with Crippen LogP contribution in [-0.2, 0) is 9.53 Å². The Bertz CT molecular complexity index is 2080. The van der Waals surface area contributed by atoms with E-state index in [0.717, 1.165) is 32.1 Å². The average Bonchev–Trinajstić information content (AvgIpc) is 3.61. The van der Waals surface area contributed by atoms with Gasteiger partial charge in [-0.3, -0.25) is 24.0 Å². The maximum absolute atomic E-state index is 13.1. The number of aryl methyl sites for hydroxylation is 1. The maximum atomic E-state index is 13.1. The van der Waals surface area contributed by atoms with Gasteiger partial charge in [0.15, 0.2) is 17.2 Å². The zero-order chi connectivity index (χ0) is 46.5. The molecule has 11 atom stereocenters. The van der Waals surface area contributed by atoms with Gasteiger partial charge in [-0.1, -0.05) is 20.8 Å². The molecule has 64 heavy (non-hydrogen) atoms. The Hall–Kier alpha value is -4.75. The molecule has 4 saturated carbocycles. The number of carbonyl (C=O) groups excluding carboxylic acids is 4. The molecule has 6 rings (SSSR count). The van der Waals surface area contributed by atoms with Crippen LogP contribution in [0.3, 0.4) is 0 Å². The molecule has 0 saturated heterocycles. The second-order valence-corrected chi connectivity index (χ2v) is 19.1. The van der Waals surface area contributed by atoms with Gasteiger partial charge >= 0.3 is 0 Å². The molecule has 18 nitrogen and oxygen atoms in total. The molecule has 2 aromatic rings. The van der Waals surface area contributed by atoms with Crippen molar-refractivity contribution >= 4 is 23.6 Å². The summed E-state index contributed by atoms with van der Waals surface area (Å²) in [5.74, 6) is -3.41. The summed E-state index contributed by atoms with van der Waals surface area (Å²) in [6, 6.07) is 3.79. The molecular weight excluding hydrogens is 829 g/mol. The standard InChI is InChI=1S/C46H68N6O12/c1-24(31-7-8-32-37-33(23-35(55)46(31,32)4)45(3)10-9-27(53)21-26(45)22-34(37)54)19-36(56)48-15-17-64-18-16-51-42(61)29-6-5-28(38(57)39(29)58)41(60)49-13-11-47-12-14-50-43(62)30-20-25(2)52-44(63)40(30)59/h5-6,20,24,26-27,31-35,37,47,53-55,57-59H,7-19,21-23H2,1-4H3,(H,48,56)(H,49,60)(H,50,62)(H,51,61)(H,52,63)/t24?,26?,27-,31?,32?,33?,34?,35+,37?,45+,46-/m0/s1. The molecule has 4 amide bonds. The van der Waals surface area contributed by atoms with Gasteiger partial charge in [0.05, 0.1) is 48.2 Å². The van der Waals surface area contributed by atoms with Gasteiger partial charge in [-0.2, -0.15) is 0 Å². The largest absolute Gasteiger partial charge is 0.504 e. The molecule has 0 bridgehead atoms. The Morgan fingerprint density at radius 1 is 0.766 bits per heavy atom. The number of aromatic amines is 1. The van der Waals surface area contributed by atoms with Crippen LogP contribution in [0, 0.1) is 53.3 Å². The van der Waals surface area contributed by atoms with Crippen LogP contribution < -0.4 is 32.1 Å². The number of phenols is 2. The van der Waals surface area contributed by atoms with Crippen LogP contribution in [0.15, 0.2) is 23.0 Å². The lowest BCUT2D eigenvalue weighted by Crippen LogP contribution is -2.62. The number of phenolic OH excluding ortho intramolecular Hbond substituents is 2. The van der Waals surface area contributed by atoms with E-state index in [4.69, 9.17) is 4.74 Å². The number of fused-ring (bicyclic) bond motifs is 5. The first-order valence-electron chi connectivity index (χ1n) is 22.8. The number of benzene rings is 1. The number of rotatable bonds is 18. The van der Waals surface area contributed by atoms with Crippen LogP contribution in [0.5, 0.6) is 17.2 Å². The Morgan fingerprint density at radius 3 is 2.00 bits per heavy atom. The van der Waals surface area contributed by atoms with Crippen molar-refractivity contribution in [2.45, 2.75) is 97.4 Å². The Balaban J connectivity index is 0.851. The summed E-state index contributed by atoms with van der Waals surface area (Å²) >= 11 is 0. The minimum Gasteiger partial charge on any atom is -0.504 e. The molecule has 0 aliphatic heterocycles. The molecule has 1 heterocycles. The number of aromatic nitrogens is 1. The van der Waals surface area contributed by atoms with Crippen LogP contribution in [-0.4, -0.2) is 130 Å². The van der Waals surface area contributed by atoms with Crippen molar-refractivity contribution in [3.05, 3.63) is 50.9 Å². The average molecular weight is 897 g/mol. The lowest BCUT2D eigenvalue weighted by atomic mass is 9.43. The lowest BCUT2D eigenvalue weighted by molar-refractivity contribution is -0.207. The third-order valence-corrected chi connectivity index (χ3v) is 15.3. The summed E-state index contributed by atoms with van der Waals surface area (Å²) < 4.78 is 5.59. The molecule has 0 spiro atoms. The Labute approximate surface area is 373 Å². The Kier molecular flexibility index (Phi) is 15.7. The van der Waals surface area contributed by atoms with Crippen molar-refractivity contribution in [1.29, 1.82) is 0 Å². The molecular formula is C46H68N6O12. The quantitative estimate of drug-likeness (QED) is 0.0746. The van der Waals surface area contributed by atoms with E-state index in [1.54, 1.807) is 6.92 Å². The van der Waals surface area contributed by atoms with E-state index in [-0.39, 0.29) is 116 Å². The first kappa shape index (κ1) is 48.7. The third kappa shape index (κ3) is 10.2. The first-order valence-corrected chi connectivity index (χ1v) is 22.8. The fourth-order valence-corrected chi connectivity index (χ4v) is 12.0. The lowest BCUT2D eigenvalue weighted by Gasteiger charge is -2.63. The maximum Gasteiger partial charge on any atom is 0.291 e. The van der Waals surface area contributed by atoms with Gasteiger partial charge in [-0.15, -0.1) is 0 Å². The number of aromatic hydroxyl groups is 3. The summed E-state index contributed by atoms with van der Waals surface area (Å²) in [4.78, 5) is 64.8. The van der Waals surface area contributed by atoms with Crippen LogP contribution in [0.25, 0.3) is 0 Å². The predicted octanol–water partition coefficient (Wildman–Crippen LogP) is 1.40. The van der Waals surface area contributed by atoms with Crippen molar-refractivity contribution in [1.82, 2.24) is 31.6 Å². The summed E-state index contributed by atoms with van der Waals surface area (Å²) in [7, 11) is 0. The minimum absolute atomic E-state index is 0.00119. The van der Waals surface area contributed by atoms with Crippen molar-refractivity contribution in [3.63, 3.8) is 0 Å². The molecule has 1 aromatic carbocycles. The van der Waals surface area contributed by atoms with Gasteiger partial charge in [0.2, 0.25) is 5.91 Å². The SMILES string of the molecule is Cc1cc(C(=O)NCCNCCNC(=O)c2ccc(C(=O)NCCOCCNC(=O)CC(C)C3CCC4C5C(O)CC6C[C@@H](O)CC[C@@]6(C)C5C[C@@H](O)[C@@]34C)c(O)c2O)c(O)c(=O)[nH]1. The molecule has 12 N–H and O–H groups in total. The molecule has 4 aliphatic rings. The van der Waals surface area contributed by atoms with Gasteiger partial charge in [0.25, 0.3) is 23.3 Å². The third-order valence-electron chi connectivity index (χ3n) is 15.3. The van der Waals surface area contributed by atoms with Gasteiger partial charge in [0.1, 0.15) is 0 Å². The normalized spacial score (nSPS) is 30.0. The zero-order valence-electron chi connectivity index (χ0n) is 37.4. The molecule has 0 radical (unpaired) electrons. The van der Waals surface area contributed by atoms with Crippen molar-refractivity contribution < 1.29 is 54.6 Å². The molecule has 354 valence electrons. The highest BCUT2D eigenvalue weighted by molar-refractivity contribution is 6.02. The number of pyridine rings is 1. The molecule has 4 fully saturated rings. The molecule has 18 heteroatoms. The predicted molar refractivity (Wildman–Crippen MR) is 235 cm³/mol. The molecule has 4 aliphatic carbocycles. The van der Waals surface area contributed by atoms with Gasteiger partial charge in [0, 0.05) is 51.4 Å². The minimum atomic E-state index is -0.762. The summed E-state index contributed by atoms with van der Waals surface area (Å²) in [5, 5.41) is 78.3. The van der Waals surface area contributed by atoms with E-state index in [0.29, 0.717) is 31.5 Å². The number of ether oxygens (including phenoxy) is 1. The zero-order valence-corrected chi connectivity index (χ0v) is 37.4. The van der Waals surface area contributed by atoms with Crippen LogP contribution >= 0.6 is 0 Å². The molecule has 1 aromatic heterocycles. The highest BCUT2D eigenvalue weighted by Crippen LogP contribution is 2.68. The van der Waals surface area contributed by atoms with E-state index in [1.807, 2.05) is 0 Å². The number of carbonyl (C=O) groups is 4. The Morgan fingerprint density at radius 2 is 1.36 bits per heavy atom. The number of H-pyrrole nitrogens is 1.